The van der Waals surface area contributed by atoms with Crippen LogP contribution in [-0.2, 0) is 0 Å². The molecule has 1 unspecified atom stereocenters. The largest absolute Gasteiger partial charge is 0.314 e. The summed E-state index contributed by atoms with van der Waals surface area (Å²) in [5, 5.41) is 8.05. The molecule has 2 aliphatic carbocycles. The molecule has 59 heavy (non-hydrogen) atoms. The van der Waals surface area contributed by atoms with Crippen molar-refractivity contribution in [3.8, 4) is 11.4 Å². The molecular weight excluding hydrogens is 715 g/mol. The Kier molecular flexibility index (Phi) is 5.66. The lowest BCUT2D eigenvalue weighted by atomic mass is 9.33. The van der Waals surface area contributed by atoms with Crippen molar-refractivity contribution in [2.24, 2.45) is 0 Å². The molecule has 274 valence electrons. The van der Waals surface area contributed by atoms with Gasteiger partial charge in [-0.3, -0.25) is 0 Å². The second-order valence-electron chi connectivity index (χ2n) is 17.0. The van der Waals surface area contributed by atoms with Gasteiger partial charge < -0.3 is 18.6 Å². The summed E-state index contributed by atoms with van der Waals surface area (Å²) >= 11 is 0. The number of aromatic nitrogens is 3. The molecule has 3 aromatic heterocycles. The predicted molar refractivity (Wildman–Crippen MR) is 248 cm³/mol. The first-order valence-corrected chi connectivity index (χ1v) is 21.2. The maximum Gasteiger partial charge on any atom is 0.251 e. The minimum Gasteiger partial charge on any atom is -0.314 e. The second-order valence-corrected chi connectivity index (χ2v) is 17.0. The van der Waals surface area contributed by atoms with Gasteiger partial charge in [-0.1, -0.05) is 103 Å². The molecular formula is C54H35BN4. The minimum absolute atomic E-state index is 0.137. The van der Waals surface area contributed by atoms with Gasteiger partial charge in [0.15, 0.2) is 0 Å². The van der Waals surface area contributed by atoms with Crippen molar-refractivity contribution in [2.45, 2.75) is 25.2 Å². The van der Waals surface area contributed by atoms with E-state index < -0.39 is 0 Å². The summed E-state index contributed by atoms with van der Waals surface area (Å²) < 4.78 is 7.61. The van der Waals surface area contributed by atoms with Crippen LogP contribution in [0.2, 0.25) is 0 Å². The maximum atomic E-state index is 2.67. The van der Waals surface area contributed by atoms with Crippen LogP contribution >= 0.6 is 0 Å². The maximum absolute atomic E-state index is 2.67. The zero-order valence-corrected chi connectivity index (χ0v) is 32.2. The van der Waals surface area contributed by atoms with E-state index in [1.54, 1.807) is 0 Å². The van der Waals surface area contributed by atoms with Crippen molar-refractivity contribution in [3.05, 3.63) is 187 Å². The molecule has 1 atom stereocenters. The standard InChI is InChI=1S/C54H35BN4/c1-3-14-32(15-4-1)56-40-24-9-7-18-34(40)48-42(56)28-30-44-50(48)36-20-11-22-38-53(36)58(44)46-26-13-27-47-52(46)55(38)39-23-12-21-37-51-45(59(47)54(37)39)31-29-43-49(51)35-19-8-10-25-41(35)57(43)33-16-5-2-6-17-33/h1-5,7-16,18-20,22-31,37H,6,17,21H2. The smallest absolute Gasteiger partial charge is 0.251 e. The minimum atomic E-state index is 0.137. The number of para-hydroxylation sites is 4. The first-order valence-electron chi connectivity index (χ1n) is 21.2. The summed E-state index contributed by atoms with van der Waals surface area (Å²) in [6.07, 6.45) is 14.9. The van der Waals surface area contributed by atoms with Gasteiger partial charge in [-0.2, -0.15) is 0 Å². The third-order valence-electron chi connectivity index (χ3n) is 14.3. The van der Waals surface area contributed by atoms with Gasteiger partial charge in [-0.05, 0) is 108 Å². The molecule has 0 saturated carbocycles. The number of nitrogens with zero attached hydrogens (tertiary/aromatic N) is 4. The first kappa shape index (κ1) is 30.8. The van der Waals surface area contributed by atoms with Gasteiger partial charge in [-0.15, -0.1) is 0 Å². The molecule has 0 amide bonds. The number of rotatable bonds is 2. The van der Waals surface area contributed by atoms with Crippen LogP contribution in [0.5, 0.6) is 0 Å². The fourth-order valence-corrected chi connectivity index (χ4v) is 12.3. The van der Waals surface area contributed by atoms with E-state index >= 15 is 0 Å². The lowest BCUT2D eigenvalue weighted by molar-refractivity contribution is 0.819. The Hall–Kier alpha value is -7.24. The van der Waals surface area contributed by atoms with Gasteiger partial charge in [-0.25, -0.2) is 0 Å². The highest BCUT2D eigenvalue weighted by molar-refractivity contribution is 6.95. The molecule has 5 heteroatoms. The van der Waals surface area contributed by atoms with E-state index in [-0.39, 0.29) is 12.6 Å². The molecule has 0 spiro atoms. The van der Waals surface area contributed by atoms with Crippen LogP contribution in [0, 0.1) is 0 Å². The van der Waals surface area contributed by atoms with Crippen LogP contribution < -0.4 is 15.8 Å². The third-order valence-corrected chi connectivity index (χ3v) is 14.3. The molecule has 4 nitrogen and oxygen atoms in total. The van der Waals surface area contributed by atoms with Crippen molar-refractivity contribution in [2.75, 3.05) is 4.90 Å². The third kappa shape index (κ3) is 3.61. The van der Waals surface area contributed by atoms with Crippen molar-refractivity contribution in [3.63, 3.8) is 0 Å². The molecule has 15 rings (SSSR count). The molecule has 0 bridgehead atoms. The summed E-state index contributed by atoms with van der Waals surface area (Å²) in [7, 11) is 0. The Bertz CT molecular complexity index is 3720. The fourth-order valence-electron chi connectivity index (χ4n) is 12.3. The average molecular weight is 751 g/mol. The van der Waals surface area contributed by atoms with Crippen LogP contribution in [0.15, 0.2) is 181 Å². The van der Waals surface area contributed by atoms with Crippen LogP contribution in [0.1, 0.15) is 30.7 Å². The summed E-state index contributed by atoms with van der Waals surface area (Å²) in [6.45, 7) is 0.137. The zero-order valence-electron chi connectivity index (χ0n) is 32.2. The normalized spacial score (nSPS) is 17.3. The van der Waals surface area contributed by atoms with Crippen molar-refractivity contribution >= 4 is 100 Å². The van der Waals surface area contributed by atoms with Crippen LogP contribution in [0.25, 0.3) is 82.5 Å². The van der Waals surface area contributed by atoms with Gasteiger partial charge in [0, 0.05) is 72.2 Å². The van der Waals surface area contributed by atoms with Crippen LogP contribution in [0.4, 0.5) is 11.4 Å². The molecule has 5 aliphatic rings. The second kappa shape index (κ2) is 10.8. The molecule has 0 fully saturated rings. The first-order chi connectivity index (χ1) is 29.3. The summed E-state index contributed by atoms with van der Waals surface area (Å²) in [5.41, 5.74) is 21.4. The van der Waals surface area contributed by atoms with Gasteiger partial charge >= 0.3 is 0 Å². The van der Waals surface area contributed by atoms with E-state index in [9.17, 15) is 0 Å². The quantitative estimate of drug-likeness (QED) is 0.161. The number of benzene rings is 7. The Morgan fingerprint density at radius 3 is 2.07 bits per heavy atom. The highest BCUT2D eigenvalue weighted by atomic mass is 15.2. The van der Waals surface area contributed by atoms with Crippen molar-refractivity contribution < 1.29 is 0 Å². The Morgan fingerprint density at radius 1 is 0.525 bits per heavy atom. The molecule has 0 radical (unpaired) electrons. The van der Waals surface area contributed by atoms with E-state index in [0.29, 0.717) is 0 Å². The van der Waals surface area contributed by atoms with E-state index in [4.69, 9.17) is 0 Å². The summed E-state index contributed by atoms with van der Waals surface area (Å²) in [4.78, 5) is 2.67. The lowest BCUT2D eigenvalue weighted by Crippen LogP contribution is -2.54. The SMILES string of the molecule is C1=CCCC(n2c3ccccc3c3c4c(ccc32)N2C3=C(C=CCC34)B3c4c2cccc4-n2c4ccc5c(c6ccccc6n5-c5ccccc5)c4c4cccc3c42)=C1. The van der Waals surface area contributed by atoms with Gasteiger partial charge in [0.1, 0.15) is 0 Å². The number of allylic oxidation sites excluding steroid dienone is 8. The molecule has 6 heterocycles. The Balaban J connectivity index is 1.04. The number of anilines is 2. The molecule has 0 saturated heterocycles. The van der Waals surface area contributed by atoms with E-state index in [2.05, 4.69) is 189 Å². The summed E-state index contributed by atoms with van der Waals surface area (Å²) in [5.74, 6) is 0.278. The van der Waals surface area contributed by atoms with Crippen molar-refractivity contribution in [1.82, 2.24) is 13.7 Å². The Labute approximate surface area is 340 Å². The molecule has 10 aromatic rings. The molecule has 0 N–H and O–H groups in total. The summed E-state index contributed by atoms with van der Waals surface area (Å²) in [6, 6.07) is 52.7. The zero-order chi connectivity index (χ0) is 38.1. The fraction of sp³-hybridized carbons (Fsp3) is 0.0741. The lowest BCUT2D eigenvalue weighted by Gasteiger charge is -2.40. The molecule has 7 aromatic carbocycles. The van der Waals surface area contributed by atoms with Crippen LogP contribution in [-0.4, -0.2) is 20.4 Å². The monoisotopic (exact) mass is 750 g/mol. The number of fused-ring (bicyclic) bond motifs is 18. The number of hydrogen-bond acceptors (Lipinski definition) is 1. The highest BCUT2D eigenvalue weighted by Crippen LogP contribution is 2.58. The van der Waals surface area contributed by atoms with E-state index in [1.165, 1.54) is 122 Å². The van der Waals surface area contributed by atoms with E-state index in [1.807, 2.05) is 0 Å². The highest BCUT2D eigenvalue weighted by Gasteiger charge is 2.49. The number of hydrogen-bond donors (Lipinski definition) is 0. The van der Waals surface area contributed by atoms with Gasteiger partial charge in [0.25, 0.3) is 6.71 Å². The topological polar surface area (TPSA) is 18.0 Å². The van der Waals surface area contributed by atoms with Gasteiger partial charge in [0.2, 0.25) is 0 Å². The Morgan fingerprint density at radius 2 is 1.22 bits per heavy atom. The van der Waals surface area contributed by atoms with Gasteiger partial charge in [0.05, 0.1) is 33.3 Å². The predicted octanol–water partition coefficient (Wildman–Crippen LogP) is 12.1. The van der Waals surface area contributed by atoms with E-state index in [0.717, 1.165) is 19.3 Å². The molecule has 3 aliphatic heterocycles. The van der Waals surface area contributed by atoms with Crippen molar-refractivity contribution in [1.29, 1.82) is 0 Å². The van der Waals surface area contributed by atoms with Crippen LogP contribution in [0.3, 0.4) is 0 Å². The average Bonchev–Trinajstić information content (AvgIpc) is 4.03.